The number of nitrogens with one attached hydrogen (secondary N) is 3. The maximum Gasteiger partial charge on any atom is 0.394 e. The maximum atomic E-state index is 13.3. The van der Waals surface area contributed by atoms with E-state index in [2.05, 4.69) is 51.2 Å². The number of nitrogens with zero attached hydrogens (tertiary/aromatic N) is 4. The van der Waals surface area contributed by atoms with Crippen molar-refractivity contribution in [2.75, 3.05) is 26.2 Å². The van der Waals surface area contributed by atoms with Gasteiger partial charge in [-0.15, -0.1) is 5.10 Å². The van der Waals surface area contributed by atoms with Gasteiger partial charge in [-0.25, -0.2) is 10.4 Å². The molecule has 5 heterocycles. The van der Waals surface area contributed by atoms with Crippen LogP contribution < -0.4 is 20.2 Å². The Kier molecular flexibility index (Phi) is 8.15. The first-order chi connectivity index (χ1) is 19.0. The fraction of sp³-hybridized carbons (Fsp3) is 0.893. The first kappa shape index (κ1) is 29.0. The van der Waals surface area contributed by atoms with Gasteiger partial charge < -0.3 is 4.74 Å². The summed E-state index contributed by atoms with van der Waals surface area (Å²) in [4.78, 5) is 2.70. The molecule has 6 rings (SSSR count). The predicted octanol–water partition coefficient (Wildman–Crippen LogP) is 4.88. The summed E-state index contributed by atoms with van der Waals surface area (Å²) >= 11 is 1.83. The van der Waals surface area contributed by atoms with E-state index in [4.69, 9.17) is 4.74 Å². The van der Waals surface area contributed by atoms with E-state index in [0.717, 1.165) is 38.9 Å². The van der Waals surface area contributed by atoms with Gasteiger partial charge in [0.25, 0.3) is 0 Å². The number of halogens is 3. The van der Waals surface area contributed by atoms with Crippen molar-refractivity contribution in [3.8, 4) is 5.88 Å². The smallest absolute Gasteiger partial charge is 0.394 e. The van der Waals surface area contributed by atoms with Crippen LogP contribution in [0.4, 0.5) is 13.2 Å². The topological polar surface area (TPSA) is 69.6 Å². The van der Waals surface area contributed by atoms with Crippen LogP contribution >= 0.6 is 11.9 Å². The highest BCUT2D eigenvalue weighted by molar-refractivity contribution is 7.98. The SMILES string of the molecule is CC1CC2NN1CCCC1CN(C3NC(n4ccc(OCCC5(C(F)(F)F)CC5)n4)CCC3CNS2)C(C)(C)C1. The number of aromatic nitrogens is 2. The van der Waals surface area contributed by atoms with Crippen LogP contribution in [0.2, 0.25) is 0 Å². The van der Waals surface area contributed by atoms with Gasteiger partial charge in [-0.1, -0.05) is 11.9 Å². The van der Waals surface area contributed by atoms with Crippen molar-refractivity contribution in [2.24, 2.45) is 17.3 Å². The van der Waals surface area contributed by atoms with Crippen molar-refractivity contribution in [1.29, 1.82) is 0 Å². The van der Waals surface area contributed by atoms with Gasteiger partial charge in [-0.2, -0.15) is 13.2 Å². The van der Waals surface area contributed by atoms with E-state index in [1.165, 1.54) is 19.3 Å². The zero-order valence-corrected chi connectivity index (χ0v) is 24.9. The number of hydrazine groups is 1. The molecule has 0 radical (unpaired) electrons. The van der Waals surface area contributed by atoms with Gasteiger partial charge in [0.15, 0.2) is 0 Å². The van der Waals surface area contributed by atoms with Crippen molar-refractivity contribution in [3.05, 3.63) is 12.3 Å². The van der Waals surface area contributed by atoms with Gasteiger partial charge in [0.05, 0.1) is 23.6 Å². The Hall–Kier alpha value is -1.05. The summed E-state index contributed by atoms with van der Waals surface area (Å²) in [6.07, 6.45) is 5.23. The van der Waals surface area contributed by atoms with Crippen molar-refractivity contribution >= 4 is 11.9 Å². The largest absolute Gasteiger partial charge is 0.477 e. The second-order valence-corrected chi connectivity index (χ2v) is 14.6. The Morgan fingerprint density at radius 2 is 2.02 bits per heavy atom. The van der Waals surface area contributed by atoms with Crippen molar-refractivity contribution in [3.63, 3.8) is 0 Å². The van der Waals surface area contributed by atoms with Crippen LogP contribution in [0, 0.1) is 17.3 Å². The zero-order chi connectivity index (χ0) is 28.1. The third-order valence-electron chi connectivity index (χ3n) is 10.1. The molecule has 8 atom stereocenters. The molecular weight excluding hydrogens is 539 g/mol. The van der Waals surface area contributed by atoms with E-state index < -0.39 is 11.6 Å². The van der Waals surface area contributed by atoms with Gasteiger partial charge in [0, 0.05) is 49.4 Å². The summed E-state index contributed by atoms with van der Waals surface area (Å²) in [6, 6.07) is 2.34. The molecule has 1 saturated carbocycles. The molecule has 4 saturated heterocycles. The van der Waals surface area contributed by atoms with Gasteiger partial charge in [0.1, 0.15) is 6.17 Å². The number of hydrogen-bond donors (Lipinski definition) is 3. The molecule has 12 heteroatoms. The molecule has 5 aliphatic rings. The molecule has 8 unspecified atom stereocenters. The lowest BCUT2D eigenvalue weighted by Crippen LogP contribution is -2.60. The van der Waals surface area contributed by atoms with Crippen molar-refractivity contribution < 1.29 is 17.9 Å². The van der Waals surface area contributed by atoms with E-state index in [-0.39, 0.29) is 43.7 Å². The molecule has 4 bridgehead atoms. The molecule has 5 fully saturated rings. The van der Waals surface area contributed by atoms with Crippen LogP contribution in [0.25, 0.3) is 0 Å². The summed E-state index contributed by atoms with van der Waals surface area (Å²) in [6.45, 7) is 10.3. The lowest BCUT2D eigenvalue weighted by molar-refractivity contribution is -0.190. The summed E-state index contributed by atoms with van der Waals surface area (Å²) in [5.41, 5.74) is 2.28. The normalized spacial score (nSPS) is 39.4. The molecule has 3 N–H and O–H groups in total. The number of rotatable bonds is 5. The molecule has 8 nitrogen and oxygen atoms in total. The average Bonchev–Trinajstić information content (AvgIpc) is 3.25. The van der Waals surface area contributed by atoms with Crippen LogP contribution in [0.1, 0.15) is 84.7 Å². The van der Waals surface area contributed by atoms with Crippen LogP contribution in [0.5, 0.6) is 5.88 Å². The highest BCUT2D eigenvalue weighted by Crippen LogP contribution is 2.59. The third kappa shape index (κ3) is 6.04. The maximum absolute atomic E-state index is 13.3. The molecule has 1 aromatic rings. The number of fused-ring (bicyclic) bond motifs is 6. The molecule has 226 valence electrons. The first-order valence-electron chi connectivity index (χ1n) is 15.2. The molecular formula is C28H46F3N7OS. The fourth-order valence-corrected chi connectivity index (χ4v) is 8.60. The van der Waals surface area contributed by atoms with Gasteiger partial charge in [-0.3, -0.25) is 19.6 Å². The minimum Gasteiger partial charge on any atom is -0.477 e. The number of ether oxygens (including phenoxy) is 1. The summed E-state index contributed by atoms with van der Waals surface area (Å²) in [7, 11) is 0. The first-order valence-corrected chi connectivity index (χ1v) is 16.1. The summed E-state index contributed by atoms with van der Waals surface area (Å²) < 4.78 is 51.1. The molecule has 4 aliphatic heterocycles. The van der Waals surface area contributed by atoms with E-state index in [1.54, 1.807) is 6.07 Å². The number of hydrogen-bond acceptors (Lipinski definition) is 8. The molecule has 0 aromatic carbocycles. The monoisotopic (exact) mass is 585 g/mol. The minimum atomic E-state index is -4.15. The standard InChI is InChI=1S/C28H46F3N7OS/c1-19-15-24-35-37(19)12-4-5-20-16-26(2,3)36(18-20)25-21(17-32-40-24)6-7-22(33-25)38-13-8-23(34-38)39-14-11-27(9-10-27)28(29,30)31/h8,13,19-22,24-25,32-33,35H,4-7,9-12,14-18H2,1-3H3. The second-order valence-electron chi connectivity index (χ2n) is 13.5. The average molecular weight is 586 g/mol. The minimum absolute atomic E-state index is 0.00165. The van der Waals surface area contributed by atoms with Crippen LogP contribution in [-0.2, 0) is 0 Å². The predicted molar refractivity (Wildman–Crippen MR) is 150 cm³/mol. The molecule has 0 amide bonds. The van der Waals surface area contributed by atoms with E-state index in [0.29, 0.717) is 29.1 Å². The van der Waals surface area contributed by atoms with Crippen LogP contribution in [-0.4, -0.2) is 75.2 Å². The third-order valence-corrected chi connectivity index (χ3v) is 11.1. The highest BCUT2D eigenvalue weighted by Gasteiger charge is 2.62. The molecule has 40 heavy (non-hydrogen) atoms. The van der Waals surface area contributed by atoms with Gasteiger partial charge in [-0.05, 0) is 84.5 Å². The lowest BCUT2D eigenvalue weighted by Gasteiger charge is -2.47. The zero-order valence-electron chi connectivity index (χ0n) is 24.1. The molecule has 1 aliphatic carbocycles. The van der Waals surface area contributed by atoms with Crippen LogP contribution in [0.3, 0.4) is 0 Å². The molecule has 1 aromatic heterocycles. The van der Waals surface area contributed by atoms with E-state index in [9.17, 15) is 13.2 Å². The summed E-state index contributed by atoms with van der Waals surface area (Å²) in [5.74, 6) is 1.55. The quantitative estimate of drug-likeness (QED) is 0.423. The Labute approximate surface area is 240 Å². The van der Waals surface area contributed by atoms with Crippen LogP contribution in [0.15, 0.2) is 12.3 Å². The molecule has 0 spiro atoms. The van der Waals surface area contributed by atoms with Crippen molar-refractivity contribution in [1.82, 2.24) is 35.2 Å². The summed E-state index contributed by atoms with van der Waals surface area (Å²) in [5, 5.41) is 11.4. The fourth-order valence-electron chi connectivity index (χ4n) is 7.53. The highest BCUT2D eigenvalue weighted by atomic mass is 32.2. The van der Waals surface area contributed by atoms with Gasteiger partial charge in [0.2, 0.25) is 5.88 Å². The van der Waals surface area contributed by atoms with E-state index in [1.807, 2.05) is 22.8 Å². The Morgan fingerprint density at radius 1 is 1.20 bits per heavy atom. The van der Waals surface area contributed by atoms with Crippen molar-refractivity contribution in [2.45, 2.75) is 114 Å². The van der Waals surface area contributed by atoms with Gasteiger partial charge >= 0.3 is 6.18 Å². The Morgan fingerprint density at radius 3 is 2.80 bits per heavy atom. The Balaban J connectivity index is 1.12. The number of alkyl halides is 3. The second kappa shape index (κ2) is 11.2. The number of piperidine rings is 1. The lowest BCUT2D eigenvalue weighted by atomic mass is 9.90. The Bertz CT molecular complexity index is 1020. The van der Waals surface area contributed by atoms with E-state index >= 15 is 0 Å².